The van der Waals surface area contributed by atoms with Crippen molar-refractivity contribution in [2.75, 3.05) is 0 Å². The Morgan fingerprint density at radius 1 is 1.17 bits per heavy atom. The van der Waals surface area contributed by atoms with Crippen LogP contribution in [0.4, 0.5) is 0 Å². The van der Waals surface area contributed by atoms with E-state index in [1.165, 1.54) is 0 Å². The zero-order chi connectivity index (χ0) is 8.55. The van der Waals surface area contributed by atoms with Crippen LogP contribution in [0.5, 0.6) is 0 Å². The summed E-state index contributed by atoms with van der Waals surface area (Å²) in [4.78, 5) is 4.00. The Labute approximate surface area is 69.7 Å². The van der Waals surface area contributed by atoms with Crippen molar-refractivity contribution in [1.82, 2.24) is 24.3 Å². The molecule has 0 spiro atoms. The molecule has 0 amide bonds. The van der Waals surface area contributed by atoms with E-state index in [9.17, 15) is 0 Å². The van der Waals surface area contributed by atoms with Crippen LogP contribution < -0.4 is 0 Å². The first kappa shape index (κ1) is 7.02. The van der Waals surface area contributed by atoms with E-state index in [0.29, 0.717) is 0 Å². The number of aromatic nitrogens is 5. The van der Waals surface area contributed by atoms with Crippen molar-refractivity contribution < 1.29 is 0 Å². The van der Waals surface area contributed by atoms with E-state index in [1.54, 1.807) is 18.9 Å². The second-order valence-corrected chi connectivity index (χ2v) is 2.66. The first-order valence-electron chi connectivity index (χ1n) is 3.59. The predicted octanol–water partition coefficient (Wildman–Crippen LogP) is 0.216. The molecule has 0 saturated heterocycles. The van der Waals surface area contributed by atoms with Gasteiger partial charge in [0, 0.05) is 14.1 Å². The van der Waals surface area contributed by atoms with Crippen LogP contribution in [0.1, 0.15) is 0 Å². The molecule has 12 heavy (non-hydrogen) atoms. The maximum absolute atomic E-state index is 4.00. The molecule has 0 atom stereocenters. The Hall–Kier alpha value is -1.65. The Morgan fingerprint density at radius 3 is 2.50 bits per heavy atom. The quantitative estimate of drug-likeness (QED) is 0.604. The third-order valence-electron chi connectivity index (χ3n) is 1.76. The van der Waals surface area contributed by atoms with E-state index in [-0.39, 0.29) is 0 Å². The van der Waals surface area contributed by atoms with Gasteiger partial charge in [-0.05, 0) is 0 Å². The fourth-order valence-corrected chi connectivity index (χ4v) is 1.09. The van der Waals surface area contributed by atoms with Gasteiger partial charge in [-0.3, -0.25) is 0 Å². The highest BCUT2D eigenvalue weighted by molar-refractivity contribution is 5.47. The van der Waals surface area contributed by atoms with Gasteiger partial charge in [0.1, 0.15) is 12.0 Å². The van der Waals surface area contributed by atoms with Crippen LogP contribution in [0.3, 0.4) is 0 Å². The van der Waals surface area contributed by atoms with Gasteiger partial charge in [0.15, 0.2) is 5.82 Å². The number of nitrogens with zero attached hydrogens (tertiary/aromatic N) is 5. The van der Waals surface area contributed by atoms with Crippen LogP contribution in [0.15, 0.2) is 18.9 Å². The van der Waals surface area contributed by atoms with Crippen LogP contribution in [0.25, 0.3) is 11.5 Å². The normalized spacial score (nSPS) is 10.5. The third kappa shape index (κ3) is 0.903. The smallest absolute Gasteiger partial charge is 0.181 e. The molecule has 62 valence electrons. The van der Waals surface area contributed by atoms with Gasteiger partial charge in [-0.1, -0.05) is 0 Å². The van der Waals surface area contributed by atoms with Gasteiger partial charge >= 0.3 is 0 Å². The van der Waals surface area contributed by atoms with Crippen molar-refractivity contribution in [3.05, 3.63) is 18.9 Å². The summed E-state index contributed by atoms with van der Waals surface area (Å²) in [6.45, 7) is 0. The Bertz CT molecular complexity index is 348. The van der Waals surface area contributed by atoms with Crippen LogP contribution >= 0.6 is 0 Å². The Morgan fingerprint density at radius 2 is 2.00 bits per heavy atom. The number of hydrogen-bond acceptors (Lipinski definition) is 3. The van der Waals surface area contributed by atoms with E-state index in [4.69, 9.17) is 0 Å². The third-order valence-corrected chi connectivity index (χ3v) is 1.76. The van der Waals surface area contributed by atoms with Crippen molar-refractivity contribution in [2.45, 2.75) is 0 Å². The minimum Gasteiger partial charge on any atom is -0.331 e. The summed E-state index contributed by atoms with van der Waals surface area (Å²) >= 11 is 0. The van der Waals surface area contributed by atoms with Gasteiger partial charge in [0.05, 0.1) is 12.5 Å². The molecule has 2 heterocycles. The topological polar surface area (TPSA) is 48.5 Å². The molecule has 0 aromatic carbocycles. The lowest BCUT2D eigenvalue weighted by Crippen LogP contribution is -1.96. The zero-order valence-electron chi connectivity index (χ0n) is 6.97. The Balaban J connectivity index is 2.57. The molecule has 5 nitrogen and oxygen atoms in total. The first-order chi connectivity index (χ1) is 5.79. The highest BCUT2D eigenvalue weighted by atomic mass is 15.3. The van der Waals surface area contributed by atoms with Crippen LogP contribution in [0, 0.1) is 0 Å². The molecule has 5 heteroatoms. The average Bonchev–Trinajstić information content (AvgIpc) is 2.59. The van der Waals surface area contributed by atoms with Crippen molar-refractivity contribution >= 4 is 0 Å². The summed E-state index contributed by atoms with van der Waals surface area (Å²) < 4.78 is 3.76. The van der Waals surface area contributed by atoms with Crippen molar-refractivity contribution in [3.8, 4) is 11.5 Å². The van der Waals surface area contributed by atoms with Crippen LogP contribution in [-0.4, -0.2) is 24.3 Å². The molecule has 2 rings (SSSR count). The summed E-state index contributed by atoms with van der Waals surface area (Å²) in [5, 5.41) is 7.76. The minimum atomic E-state index is 0.829. The molecule has 2 aromatic rings. The van der Waals surface area contributed by atoms with Gasteiger partial charge in [0.2, 0.25) is 0 Å². The molecule has 0 saturated carbocycles. The second-order valence-electron chi connectivity index (χ2n) is 2.66. The molecule has 0 fully saturated rings. The number of aryl methyl sites for hydroxylation is 2. The monoisotopic (exact) mass is 163 g/mol. The molecule has 0 bridgehead atoms. The summed E-state index contributed by atoms with van der Waals surface area (Å²) in [6.07, 6.45) is 5.18. The molecule has 0 aliphatic carbocycles. The van der Waals surface area contributed by atoms with E-state index < -0.39 is 0 Å². The van der Waals surface area contributed by atoms with Crippen LogP contribution in [-0.2, 0) is 14.1 Å². The molecule has 0 aliphatic rings. The van der Waals surface area contributed by atoms with E-state index in [0.717, 1.165) is 11.5 Å². The predicted molar refractivity (Wildman–Crippen MR) is 43.2 cm³/mol. The number of rotatable bonds is 1. The molecule has 0 aliphatic heterocycles. The summed E-state index contributed by atoms with van der Waals surface area (Å²) in [5.74, 6) is 0.829. The summed E-state index contributed by atoms with van der Waals surface area (Å²) in [5.41, 5.74) is 0.968. The van der Waals surface area contributed by atoms with Crippen LogP contribution in [0.2, 0.25) is 0 Å². The molecule has 0 radical (unpaired) electrons. The summed E-state index contributed by atoms with van der Waals surface area (Å²) in [7, 11) is 3.83. The van der Waals surface area contributed by atoms with E-state index >= 15 is 0 Å². The van der Waals surface area contributed by atoms with E-state index in [2.05, 4.69) is 15.2 Å². The number of imidazole rings is 1. The molecular weight excluding hydrogens is 154 g/mol. The Kier molecular flexibility index (Phi) is 1.43. The lowest BCUT2D eigenvalue weighted by molar-refractivity contribution is 0.869. The minimum absolute atomic E-state index is 0.829. The first-order valence-corrected chi connectivity index (χ1v) is 3.59. The van der Waals surface area contributed by atoms with Gasteiger partial charge in [-0.25, -0.2) is 4.98 Å². The van der Waals surface area contributed by atoms with Gasteiger partial charge in [-0.2, -0.15) is 0 Å². The SMILES string of the molecule is Cn1cncc1-c1nncn1C. The highest BCUT2D eigenvalue weighted by Gasteiger charge is 2.06. The van der Waals surface area contributed by atoms with Gasteiger partial charge in [0.25, 0.3) is 0 Å². The molecule has 0 N–H and O–H groups in total. The van der Waals surface area contributed by atoms with E-state index in [1.807, 2.05) is 23.2 Å². The maximum atomic E-state index is 4.00. The second kappa shape index (κ2) is 2.44. The fraction of sp³-hybridized carbons (Fsp3) is 0.286. The average molecular weight is 163 g/mol. The van der Waals surface area contributed by atoms with Crippen molar-refractivity contribution in [2.24, 2.45) is 14.1 Å². The van der Waals surface area contributed by atoms with Gasteiger partial charge < -0.3 is 9.13 Å². The molecule has 2 aromatic heterocycles. The van der Waals surface area contributed by atoms with Gasteiger partial charge in [-0.15, -0.1) is 10.2 Å². The lowest BCUT2D eigenvalue weighted by Gasteiger charge is -1.99. The highest BCUT2D eigenvalue weighted by Crippen LogP contribution is 2.12. The largest absolute Gasteiger partial charge is 0.331 e. The molecule has 0 unspecified atom stereocenters. The maximum Gasteiger partial charge on any atom is 0.181 e. The number of hydrogen-bond donors (Lipinski definition) is 0. The zero-order valence-corrected chi connectivity index (χ0v) is 6.97. The summed E-state index contributed by atoms with van der Waals surface area (Å²) in [6, 6.07) is 0. The lowest BCUT2D eigenvalue weighted by atomic mass is 10.4. The van der Waals surface area contributed by atoms with Crippen molar-refractivity contribution in [3.63, 3.8) is 0 Å². The fourth-order valence-electron chi connectivity index (χ4n) is 1.09. The standard InChI is InChI=1S/C7H9N5/c1-11-4-8-3-6(11)7-10-9-5-12(7)2/h3-5H,1-2H3. The molecular formula is C7H9N5. The van der Waals surface area contributed by atoms with Crippen molar-refractivity contribution in [1.29, 1.82) is 0 Å².